The molecule has 1 aromatic carbocycles. The van der Waals surface area contributed by atoms with Gasteiger partial charge in [0.2, 0.25) is 0 Å². The number of halogens is 2. The molecule has 102 valence electrons. The van der Waals surface area contributed by atoms with E-state index in [0.717, 1.165) is 18.9 Å². The summed E-state index contributed by atoms with van der Waals surface area (Å²) in [5.74, 6) is -1.66. The van der Waals surface area contributed by atoms with Gasteiger partial charge in [-0.15, -0.1) is 0 Å². The monoisotopic (exact) mass is 257 g/mol. The third-order valence-corrected chi connectivity index (χ3v) is 3.70. The van der Waals surface area contributed by atoms with Crippen molar-refractivity contribution in [3.8, 4) is 0 Å². The first-order valence-electron chi connectivity index (χ1n) is 6.22. The maximum absolute atomic E-state index is 13.3. The van der Waals surface area contributed by atoms with Crippen molar-refractivity contribution in [2.75, 3.05) is 14.2 Å². The predicted molar refractivity (Wildman–Crippen MR) is 68.5 cm³/mol. The van der Waals surface area contributed by atoms with E-state index >= 15 is 0 Å². The zero-order chi connectivity index (χ0) is 13.8. The molecule has 1 atom stereocenters. The fourth-order valence-corrected chi connectivity index (χ4v) is 2.49. The molecular weight excluding hydrogens is 236 g/mol. The SMILES string of the molecule is CCC(CC)(OC)C(NC)c1ccc(F)c(F)c1. The molecule has 1 N–H and O–H groups in total. The Balaban J connectivity index is 3.19. The Morgan fingerprint density at radius 3 is 2.22 bits per heavy atom. The number of methoxy groups -OCH3 is 1. The van der Waals surface area contributed by atoms with Crippen LogP contribution in [0.3, 0.4) is 0 Å². The van der Waals surface area contributed by atoms with Gasteiger partial charge in [-0.2, -0.15) is 0 Å². The van der Waals surface area contributed by atoms with Crippen LogP contribution in [0.25, 0.3) is 0 Å². The summed E-state index contributed by atoms with van der Waals surface area (Å²) in [5, 5.41) is 3.14. The maximum Gasteiger partial charge on any atom is 0.159 e. The number of ether oxygens (including phenoxy) is 1. The van der Waals surface area contributed by atoms with Gasteiger partial charge in [-0.1, -0.05) is 19.9 Å². The van der Waals surface area contributed by atoms with Crippen molar-refractivity contribution in [3.63, 3.8) is 0 Å². The second-order valence-corrected chi connectivity index (χ2v) is 4.37. The minimum Gasteiger partial charge on any atom is -0.376 e. The first-order valence-corrected chi connectivity index (χ1v) is 6.22. The number of nitrogens with one attached hydrogen (secondary N) is 1. The first kappa shape index (κ1) is 15.1. The van der Waals surface area contributed by atoms with Crippen LogP contribution in [-0.2, 0) is 4.74 Å². The van der Waals surface area contributed by atoms with Crippen LogP contribution in [-0.4, -0.2) is 19.8 Å². The summed E-state index contributed by atoms with van der Waals surface area (Å²) in [4.78, 5) is 0. The second kappa shape index (κ2) is 6.25. The van der Waals surface area contributed by atoms with Gasteiger partial charge in [0, 0.05) is 7.11 Å². The molecule has 0 aromatic heterocycles. The van der Waals surface area contributed by atoms with Gasteiger partial charge in [-0.25, -0.2) is 8.78 Å². The van der Waals surface area contributed by atoms with E-state index < -0.39 is 17.2 Å². The summed E-state index contributed by atoms with van der Waals surface area (Å²) in [6.07, 6.45) is 1.56. The van der Waals surface area contributed by atoms with E-state index in [-0.39, 0.29) is 6.04 Å². The fraction of sp³-hybridized carbons (Fsp3) is 0.571. The van der Waals surface area contributed by atoms with Crippen LogP contribution in [0.15, 0.2) is 18.2 Å². The lowest BCUT2D eigenvalue weighted by Crippen LogP contribution is -2.43. The molecule has 18 heavy (non-hydrogen) atoms. The Hall–Kier alpha value is -1.00. The third-order valence-electron chi connectivity index (χ3n) is 3.70. The van der Waals surface area contributed by atoms with E-state index in [1.807, 2.05) is 13.8 Å². The molecule has 0 aliphatic heterocycles. The summed E-state index contributed by atoms with van der Waals surface area (Å²) >= 11 is 0. The van der Waals surface area contributed by atoms with Crippen molar-refractivity contribution >= 4 is 0 Å². The van der Waals surface area contributed by atoms with Gasteiger partial charge in [0.1, 0.15) is 0 Å². The zero-order valence-electron chi connectivity index (χ0n) is 11.4. The fourth-order valence-electron chi connectivity index (χ4n) is 2.49. The normalized spacial score (nSPS) is 13.7. The van der Waals surface area contributed by atoms with Gasteiger partial charge in [-0.3, -0.25) is 0 Å². The van der Waals surface area contributed by atoms with E-state index in [0.29, 0.717) is 5.56 Å². The molecule has 1 aromatic rings. The lowest BCUT2D eigenvalue weighted by Gasteiger charge is -2.38. The molecule has 0 saturated carbocycles. The minimum absolute atomic E-state index is 0.174. The van der Waals surface area contributed by atoms with E-state index in [1.165, 1.54) is 6.07 Å². The topological polar surface area (TPSA) is 21.3 Å². The second-order valence-electron chi connectivity index (χ2n) is 4.37. The largest absolute Gasteiger partial charge is 0.376 e. The van der Waals surface area contributed by atoms with Gasteiger partial charge in [0.15, 0.2) is 11.6 Å². The molecule has 1 rings (SSSR count). The molecule has 0 saturated heterocycles. The molecule has 4 heteroatoms. The van der Waals surface area contributed by atoms with Gasteiger partial charge in [0.05, 0.1) is 11.6 Å². The number of hydrogen-bond donors (Lipinski definition) is 1. The summed E-state index contributed by atoms with van der Waals surface area (Å²) in [6.45, 7) is 4.05. The van der Waals surface area contributed by atoms with Gasteiger partial charge in [-0.05, 0) is 37.6 Å². The third kappa shape index (κ3) is 2.70. The van der Waals surface area contributed by atoms with Crippen LogP contribution >= 0.6 is 0 Å². The zero-order valence-corrected chi connectivity index (χ0v) is 11.4. The Morgan fingerprint density at radius 2 is 1.83 bits per heavy atom. The molecule has 0 aliphatic rings. The van der Waals surface area contributed by atoms with Crippen molar-refractivity contribution in [3.05, 3.63) is 35.4 Å². The lowest BCUT2D eigenvalue weighted by atomic mass is 9.84. The number of likely N-dealkylation sites (N-methyl/N-ethyl adjacent to an activating group) is 1. The molecule has 2 nitrogen and oxygen atoms in total. The predicted octanol–water partition coefficient (Wildman–Crippen LogP) is 3.43. The van der Waals surface area contributed by atoms with Crippen molar-refractivity contribution in [1.82, 2.24) is 5.32 Å². The Bertz CT molecular complexity index is 383. The highest BCUT2D eigenvalue weighted by Gasteiger charge is 2.36. The van der Waals surface area contributed by atoms with E-state index in [4.69, 9.17) is 4.74 Å². The molecule has 0 fully saturated rings. The molecular formula is C14H21F2NO. The van der Waals surface area contributed by atoms with E-state index in [2.05, 4.69) is 5.32 Å². The molecule has 0 heterocycles. The highest BCUT2D eigenvalue weighted by Crippen LogP contribution is 2.35. The molecule has 0 radical (unpaired) electrons. The highest BCUT2D eigenvalue weighted by molar-refractivity contribution is 5.24. The van der Waals surface area contributed by atoms with Crippen LogP contribution in [0.5, 0.6) is 0 Å². The van der Waals surface area contributed by atoms with Crippen LogP contribution in [0, 0.1) is 11.6 Å². The van der Waals surface area contributed by atoms with Gasteiger partial charge < -0.3 is 10.1 Å². The Kier molecular flexibility index (Phi) is 5.23. The highest BCUT2D eigenvalue weighted by atomic mass is 19.2. The molecule has 0 spiro atoms. The smallest absolute Gasteiger partial charge is 0.159 e. The molecule has 0 bridgehead atoms. The molecule has 0 amide bonds. The van der Waals surface area contributed by atoms with E-state index in [1.54, 1.807) is 20.2 Å². The van der Waals surface area contributed by atoms with Crippen molar-refractivity contribution in [2.45, 2.75) is 38.3 Å². The van der Waals surface area contributed by atoms with E-state index in [9.17, 15) is 8.78 Å². The van der Waals surface area contributed by atoms with Crippen molar-refractivity contribution < 1.29 is 13.5 Å². The van der Waals surface area contributed by atoms with Crippen molar-refractivity contribution in [1.29, 1.82) is 0 Å². The van der Waals surface area contributed by atoms with Crippen LogP contribution in [0.4, 0.5) is 8.78 Å². The summed E-state index contributed by atoms with van der Waals surface area (Å²) in [6, 6.07) is 3.81. The van der Waals surface area contributed by atoms with Crippen LogP contribution < -0.4 is 5.32 Å². The quantitative estimate of drug-likeness (QED) is 0.843. The van der Waals surface area contributed by atoms with Gasteiger partial charge >= 0.3 is 0 Å². The summed E-state index contributed by atoms with van der Waals surface area (Å²) in [7, 11) is 3.45. The van der Waals surface area contributed by atoms with Crippen LogP contribution in [0.1, 0.15) is 38.3 Å². The summed E-state index contributed by atoms with van der Waals surface area (Å²) < 4.78 is 31.9. The minimum atomic E-state index is -0.829. The number of rotatable bonds is 6. The van der Waals surface area contributed by atoms with Crippen molar-refractivity contribution in [2.24, 2.45) is 0 Å². The first-order chi connectivity index (χ1) is 8.54. The average molecular weight is 257 g/mol. The molecule has 0 aliphatic carbocycles. The Morgan fingerprint density at radius 1 is 1.22 bits per heavy atom. The van der Waals surface area contributed by atoms with Crippen LogP contribution in [0.2, 0.25) is 0 Å². The maximum atomic E-state index is 13.3. The number of hydrogen-bond acceptors (Lipinski definition) is 2. The lowest BCUT2D eigenvalue weighted by molar-refractivity contribution is -0.0468. The van der Waals surface area contributed by atoms with Gasteiger partial charge in [0.25, 0.3) is 0 Å². The standard InChI is InChI=1S/C14H21F2NO/c1-5-14(6-2,18-4)13(17-3)10-7-8-11(15)12(16)9-10/h7-9,13,17H,5-6H2,1-4H3. The Labute approximate surface area is 107 Å². The average Bonchev–Trinajstić information content (AvgIpc) is 2.40. The molecule has 1 unspecified atom stereocenters. The summed E-state index contributed by atoms with van der Waals surface area (Å²) in [5.41, 5.74) is 0.279. The number of benzene rings is 1.